The Bertz CT molecular complexity index is 531. The van der Waals surface area contributed by atoms with Crippen LogP contribution >= 0.6 is 0 Å². The van der Waals surface area contributed by atoms with Gasteiger partial charge < -0.3 is 15.2 Å². The molecule has 0 saturated carbocycles. The largest absolute Gasteiger partial charge is 0.488 e. The molecule has 0 aliphatic carbocycles. The molecule has 0 bridgehead atoms. The van der Waals surface area contributed by atoms with Gasteiger partial charge in [0.2, 0.25) is 0 Å². The average Bonchev–Trinajstić information content (AvgIpc) is 2.58. The Kier molecular flexibility index (Phi) is 2.95. The summed E-state index contributed by atoms with van der Waals surface area (Å²) in [7, 11) is -1.50. The van der Waals surface area contributed by atoms with Crippen molar-refractivity contribution in [2.45, 2.75) is 26.0 Å². The van der Waals surface area contributed by atoms with Gasteiger partial charge in [-0.05, 0) is 25.4 Å². The molecule has 90 valence electrons. The molecule has 1 aromatic carbocycles. The zero-order valence-corrected chi connectivity index (χ0v) is 9.83. The highest BCUT2D eigenvalue weighted by atomic mass is 16.4. The fourth-order valence-corrected chi connectivity index (χ4v) is 1.74. The normalized spacial score (nSPS) is 12.1. The molecule has 0 spiro atoms. The van der Waals surface area contributed by atoms with Crippen molar-refractivity contribution in [2.75, 3.05) is 0 Å². The molecule has 17 heavy (non-hydrogen) atoms. The van der Waals surface area contributed by atoms with E-state index in [1.807, 2.05) is 0 Å². The minimum Gasteiger partial charge on any atom is -0.423 e. The van der Waals surface area contributed by atoms with Crippen molar-refractivity contribution < 1.29 is 15.2 Å². The molecular formula is C11H15BN2O3. The number of hydrogen-bond acceptors (Lipinski definition) is 4. The van der Waals surface area contributed by atoms with Gasteiger partial charge in [0.15, 0.2) is 0 Å². The second-order valence-corrected chi connectivity index (χ2v) is 4.81. The Labute approximate surface area is 99.5 Å². The molecule has 0 aliphatic heterocycles. The Morgan fingerprint density at radius 2 is 2.06 bits per heavy atom. The quantitative estimate of drug-likeness (QED) is 0.625. The molecule has 0 unspecified atom stereocenters. The van der Waals surface area contributed by atoms with Gasteiger partial charge in [0.1, 0.15) is 0 Å². The third kappa shape index (κ3) is 2.66. The molecule has 2 aromatic rings. The van der Waals surface area contributed by atoms with Crippen LogP contribution < -0.4 is 5.46 Å². The Morgan fingerprint density at radius 3 is 2.65 bits per heavy atom. The molecule has 2 rings (SSSR count). The van der Waals surface area contributed by atoms with Gasteiger partial charge in [-0.1, -0.05) is 12.1 Å². The first-order chi connectivity index (χ1) is 7.87. The van der Waals surface area contributed by atoms with Crippen LogP contribution in [-0.4, -0.2) is 37.7 Å². The fraction of sp³-hybridized carbons (Fsp3) is 0.364. The number of rotatable bonds is 3. The molecule has 1 aromatic heterocycles. The first-order valence-electron chi connectivity index (χ1n) is 5.41. The van der Waals surface area contributed by atoms with E-state index in [0.29, 0.717) is 12.0 Å². The summed E-state index contributed by atoms with van der Waals surface area (Å²) in [6, 6.07) is 5.08. The zero-order valence-electron chi connectivity index (χ0n) is 9.83. The lowest BCUT2D eigenvalue weighted by atomic mass is 9.80. The lowest BCUT2D eigenvalue weighted by Crippen LogP contribution is -2.30. The summed E-state index contributed by atoms with van der Waals surface area (Å²) in [6.45, 7) is 3.75. The molecular weight excluding hydrogens is 219 g/mol. The molecule has 3 N–H and O–H groups in total. The summed E-state index contributed by atoms with van der Waals surface area (Å²) in [5.74, 6) is 0. The zero-order chi connectivity index (χ0) is 12.6. The van der Waals surface area contributed by atoms with Crippen LogP contribution in [0.1, 0.15) is 13.8 Å². The molecule has 5 nitrogen and oxygen atoms in total. The predicted octanol–water partition coefficient (Wildman–Crippen LogP) is -0.513. The second kappa shape index (κ2) is 4.14. The molecule has 1 heterocycles. The fourth-order valence-electron chi connectivity index (χ4n) is 1.74. The lowest BCUT2D eigenvalue weighted by molar-refractivity contribution is 0.0591. The molecule has 0 fully saturated rings. The topological polar surface area (TPSA) is 78.5 Å². The Balaban J connectivity index is 2.47. The molecule has 0 atom stereocenters. The number of hydrogen-bond donors (Lipinski definition) is 3. The third-order valence-corrected chi connectivity index (χ3v) is 2.50. The average molecular weight is 234 g/mol. The lowest BCUT2D eigenvalue weighted by Gasteiger charge is -2.17. The third-order valence-electron chi connectivity index (χ3n) is 2.50. The first-order valence-corrected chi connectivity index (χ1v) is 5.41. The second-order valence-electron chi connectivity index (χ2n) is 4.81. The van der Waals surface area contributed by atoms with E-state index in [1.54, 1.807) is 42.9 Å². The van der Waals surface area contributed by atoms with Crippen molar-refractivity contribution in [3.63, 3.8) is 0 Å². The predicted molar refractivity (Wildman–Crippen MR) is 65.9 cm³/mol. The maximum Gasteiger partial charge on any atom is 0.488 e. The highest BCUT2D eigenvalue weighted by Crippen LogP contribution is 2.15. The van der Waals surface area contributed by atoms with Crippen LogP contribution in [0.3, 0.4) is 0 Å². The van der Waals surface area contributed by atoms with Gasteiger partial charge >= 0.3 is 7.12 Å². The van der Waals surface area contributed by atoms with E-state index in [1.165, 1.54) is 0 Å². The van der Waals surface area contributed by atoms with Crippen molar-refractivity contribution in [1.82, 2.24) is 9.78 Å². The molecule has 0 aliphatic rings. The summed E-state index contributed by atoms with van der Waals surface area (Å²) < 4.78 is 1.65. The molecule has 0 radical (unpaired) electrons. The van der Waals surface area contributed by atoms with E-state index in [0.717, 1.165) is 10.9 Å². The Hall–Kier alpha value is -1.37. The van der Waals surface area contributed by atoms with Crippen molar-refractivity contribution in [2.24, 2.45) is 0 Å². The van der Waals surface area contributed by atoms with Gasteiger partial charge in [-0.15, -0.1) is 0 Å². The van der Waals surface area contributed by atoms with Crippen LogP contribution in [-0.2, 0) is 6.54 Å². The van der Waals surface area contributed by atoms with Crippen LogP contribution in [0, 0.1) is 0 Å². The summed E-state index contributed by atoms with van der Waals surface area (Å²) >= 11 is 0. The first kappa shape index (κ1) is 12.1. The smallest absolute Gasteiger partial charge is 0.423 e. The SMILES string of the molecule is CC(C)(O)Cn1ncc2ccc(B(O)O)cc21. The van der Waals surface area contributed by atoms with Crippen LogP contribution in [0.2, 0.25) is 0 Å². The number of aliphatic hydroxyl groups is 1. The van der Waals surface area contributed by atoms with Crippen LogP contribution in [0.25, 0.3) is 10.9 Å². The van der Waals surface area contributed by atoms with Crippen LogP contribution in [0.4, 0.5) is 0 Å². The molecule has 0 saturated heterocycles. The van der Waals surface area contributed by atoms with Gasteiger partial charge in [-0.2, -0.15) is 5.10 Å². The van der Waals surface area contributed by atoms with Crippen molar-refractivity contribution in [1.29, 1.82) is 0 Å². The molecule has 6 heteroatoms. The van der Waals surface area contributed by atoms with E-state index in [-0.39, 0.29) is 0 Å². The number of aromatic nitrogens is 2. The summed E-state index contributed by atoms with van der Waals surface area (Å²) in [5, 5.41) is 33.1. The van der Waals surface area contributed by atoms with E-state index in [9.17, 15) is 5.11 Å². The molecule has 0 amide bonds. The van der Waals surface area contributed by atoms with E-state index in [2.05, 4.69) is 5.10 Å². The van der Waals surface area contributed by atoms with Gasteiger partial charge in [0, 0.05) is 5.39 Å². The minimum absolute atomic E-state index is 0.349. The van der Waals surface area contributed by atoms with Crippen molar-refractivity contribution >= 4 is 23.5 Å². The van der Waals surface area contributed by atoms with Crippen molar-refractivity contribution in [3.8, 4) is 0 Å². The highest BCUT2D eigenvalue weighted by Gasteiger charge is 2.17. The van der Waals surface area contributed by atoms with Crippen LogP contribution in [0.15, 0.2) is 24.4 Å². The maximum atomic E-state index is 9.77. The number of benzene rings is 1. The standard InChI is InChI=1S/C11H15BN2O3/c1-11(2,15)7-14-10-5-9(12(16)17)4-3-8(10)6-13-14/h3-6,15-17H,7H2,1-2H3. The van der Waals surface area contributed by atoms with Crippen LogP contribution in [0.5, 0.6) is 0 Å². The van der Waals surface area contributed by atoms with E-state index < -0.39 is 12.7 Å². The van der Waals surface area contributed by atoms with Gasteiger partial charge in [-0.25, -0.2) is 0 Å². The van der Waals surface area contributed by atoms with Gasteiger partial charge in [0.05, 0.1) is 23.9 Å². The highest BCUT2D eigenvalue weighted by molar-refractivity contribution is 6.58. The number of fused-ring (bicyclic) bond motifs is 1. The monoisotopic (exact) mass is 234 g/mol. The Morgan fingerprint density at radius 1 is 1.35 bits per heavy atom. The maximum absolute atomic E-state index is 9.77. The minimum atomic E-state index is -1.50. The summed E-state index contributed by atoms with van der Waals surface area (Å²) in [4.78, 5) is 0. The summed E-state index contributed by atoms with van der Waals surface area (Å²) in [6.07, 6.45) is 1.69. The van der Waals surface area contributed by atoms with E-state index >= 15 is 0 Å². The summed E-state index contributed by atoms with van der Waals surface area (Å²) in [5.41, 5.74) is 0.319. The van der Waals surface area contributed by atoms with Crippen molar-refractivity contribution in [3.05, 3.63) is 24.4 Å². The van der Waals surface area contributed by atoms with E-state index in [4.69, 9.17) is 10.0 Å². The number of nitrogens with zero attached hydrogens (tertiary/aromatic N) is 2. The van der Waals surface area contributed by atoms with Gasteiger partial charge in [-0.3, -0.25) is 4.68 Å². The van der Waals surface area contributed by atoms with Gasteiger partial charge in [0.25, 0.3) is 0 Å².